The van der Waals surface area contributed by atoms with Gasteiger partial charge in [0.2, 0.25) is 5.91 Å². The van der Waals surface area contributed by atoms with E-state index in [9.17, 15) is 23.1 Å². The molecular formula is C20H24N2O6S2. The predicted molar refractivity (Wildman–Crippen MR) is 112 cm³/mol. The highest BCUT2D eigenvalue weighted by atomic mass is 32.2. The van der Waals surface area contributed by atoms with Crippen LogP contribution in [-0.2, 0) is 19.4 Å². The van der Waals surface area contributed by atoms with E-state index in [1.807, 2.05) is 0 Å². The minimum absolute atomic E-state index is 0.127. The number of thiazole rings is 1. The van der Waals surface area contributed by atoms with Gasteiger partial charge >= 0.3 is 5.97 Å². The molecule has 0 saturated heterocycles. The second kappa shape index (κ2) is 9.23. The van der Waals surface area contributed by atoms with Crippen molar-refractivity contribution in [2.24, 2.45) is 5.92 Å². The number of aliphatic carboxylic acids is 1. The Kier molecular flexibility index (Phi) is 6.89. The Balaban J connectivity index is 1.81. The fraction of sp³-hybridized carbons (Fsp3) is 0.450. The molecule has 1 aliphatic rings. The Morgan fingerprint density at radius 1 is 1.23 bits per heavy atom. The predicted octanol–water partition coefficient (Wildman–Crippen LogP) is 2.97. The van der Waals surface area contributed by atoms with Crippen LogP contribution in [0.25, 0.3) is 0 Å². The first kappa shape index (κ1) is 22.4. The standard InChI is InChI=1S/C20H24N2O6S2/c1-30(27,28)14-8-6-13(7-9-14)15(10-12-4-2-3-5-12)18(24)22-20-21-11-16(29-20)17(23)19(25)26/h6-9,11-12,15,17,23H,2-5,10H2,1H3,(H,25,26)(H,21,22,24). The Morgan fingerprint density at radius 2 is 1.87 bits per heavy atom. The lowest BCUT2D eigenvalue weighted by atomic mass is 9.87. The number of nitrogens with zero attached hydrogens (tertiary/aromatic N) is 1. The largest absolute Gasteiger partial charge is 0.479 e. The first-order valence-corrected chi connectivity index (χ1v) is 12.3. The number of carbonyl (C=O) groups is 2. The summed E-state index contributed by atoms with van der Waals surface area (Å²) >= 11 is 0.906. The maximum Gasteiger partial charge on any atom is 0.338 e. The van der Waals surface area contributed by atoms with Gasteiger partial charge in [-0.25, -0.2) is 18.2 Å². The third kappa shape index (κ3) is 5.44. The van der Waals surface area contributed by atoms with Gasteiger partial charge in [-0.05, 0) is 30.0 Å². The van der Waals surface area contributed by atoms with Crippen LogP contribution in [0, 0.1) is 5.92 Å². The van der Waals surface area contributed by atoms with Crippen molar-refractivity contribution in [2.75, 3.05) is 11.6 Å². The smallest absolute Gasteiger partial charge is 0.338 e. The van der Waals surface area contributed by atoms with Gasteiger partial charge in [0.25, 0.3) is 0 Å². The second-order valence-corrected chi connectivity index (χ2v) is 10.7. The summed E-state index contributed by atoms with van der Waals surface area (Å²) in [5, 5.41) is 21.5. The van der Waals surface area contributed by atoms with Gasteiger partial charge in [-0.3, -0.25) is 4.79 Å². The molecule has 1 heterocycles. The number of carboxylic acids is 1. The number of carboxylic acid groups (broad SMARTS) is 1. The number of aromatic nitrogens is 1. The van der Waals surface area contributed by atoms with Crippen LogP contribution in [0.5, 0.6) is 0 Å². The Labute approximate surface area is 178 Å². The number of hydrogen-bond donors (Lipinski definition) is 3. The normalized spacial score (nSPS) is 16.9. The molecule has 1 amide bonds. The summed E-state index contributed by atoms with van der Waals surface area (Å²) in [6.45, 7) is 0. The third-order valence-corrected chi connectivity index (χ3v) is 7.42. The van der Waals surface area contributed by atoms with E-state index in [0.29, 0.717) is 17.9 Å². The number of hydrogen-bond acceptors (Lipinski definition) is 7. The summed E-state index contributed by atoms with van der Waals surface area (Å²) in [7, 11) is -3.33. The Morgan fingerprint density at radius 3 is 2.43 bits per heavy atom. The molecule has 162 valence electrons. The van der Waals surface area contributed by atoms with Crippen LogP contribution in [0.1, 0.15) is 54.6 Å². The molecular weight excluding hydrogens is 428 g/mol. The van der Waals surface area contributed by atoms with Crippen LogP contribution in [-0.4, -0.2) is 41.7 Å². The van der Waals surface area contributed by atoms with Crippen molar-refractivity contribution in [1.82, 2.24) is 4.98 Å². The molecule has 1 aromatic carbocycles. The van der Waals surface area contributed by atoms with Crippen LogP contribution >= 0.6 is 11.3 Å². The molecule has 0 radical (unpaired) electrons. The number of anilines is 1. The fourth-order valence-electron chi connectivity index (χ4n) is 3.71. The van der Waals surface area contributed by atoms with Crippen LogP contribution in [0.2, 0.25) is 0 Å². The van der Waals surface area contributed by atoms with Crippen LogP contribution < -0.4 is 5.32 Å². The van der Waals surface area contributed by atoms with E-state index in [4.69, 9.17) is 5.11 Å². The monoisotopic (exact) mass is 452 g/mol. The van der Waals surface area contributed by atoms with Crippen molar-refractivity contribution >= 4 is 38.2 Å². The SMILES string of the molecule is CS(=O)(=O)c1ccc(C(CC2CCCC2)C(=O)Nc2ncc(C(O)C(=O)O)s2)cc1. The van der Waals surface area contributed by atoms with Crippen molar-refractivity contribution in [3.05, 3.63) is 40.9 Å². The number of sulfone groups is 1. The molecule has 1 aliphatic carbocycles. The van der Waals surface area contributed by atoms with E-state index >= 15 is 0 Å². The van der Waals surface area contributed by atoms with Crippen LogP contribution in [0.3, 0.4) is 0 Å². The molecule has 2 unspecified atom stereocenters. The minimum atomic E-state index is -3.33. The topological polar surface area (TPSA) is 134 Å². The van der Waals surface area contributed by atoms with Gasteiger partial charge in [-0.1, -0.05) is 49.2 Å². The second-order valence-electron chi connectivity index (χ2n) is 7.58. The zero-order valence-corrected chi connectivity index (χ0v) is 18.1. The lowest BCUT2D eigenvalue weighted by Gasteiger charge is -2.20. The number of benzene rings is 1. The number of carbonyl (C=O) groups excluding carboxylic acids is 1. The molecule has 0 spiro atoms. The van der Waals surface area contributed by atoms with Gasteiger partial charge in [-0.15, -0.1) is 0 Å². The van der Waals surface area contributed by atoms with E-state index in [2.05, 4.69) is 10.3 Å². The van der Waals surface area contributed by atoms with Gasteiger partial charge in [0.05, 0.1) is 15.7 Å². The molecule has 10 heteroatoms. The molecule has 1 saturated carbocycles. The molecule has 3 rings (SSSR count). The Bertz CT molecular complexity index is 1010. The molecule has 0 aliphatic heterocycles. The molecule has 3 N–H and O–H groups in total. The van der Waals surface area contributed by atoms with Gasteiger partial charge < -0.3 is 15.5 Å². The zero-order valence-electron chi connectivity index (χ0n) is 16.4. The average molecular weight is 453 g/mol. The number of amides is 1. The molecule has 1 aromatic heterocycles. The van der Waals surface area contributed by atoms with Crippen LogP contribution in [0.15, 0.2) is 35.4 Å². The highest BCUT2D eigenvalue weighted by Crippen LogP contribution is 2.35. The first-order valence-electron chi connectivity index (χ1n) is 9.62. The van der Waals surface area contributed by atoms with Crippen molar-refractivity contribution in [3.63, 3.8) is 0 Å². The number of nitrogens with one attached hydrogen (secondary N) is 1. The summed E-state index contributed by atoms with van der Waals surface area (Å²) < 4.78 is 23.4. The Hall–Kier alpha value is -2.30. The van der Waals surface area contributed by atoms with Crippen LogP contribution in [0.4, 0.5) is 5.13 Å². The minimum Gasteiger partial charge on any atom is -0.479 e. The lowest BCUT2D eigenvalue weighted by molar-refractivity contribution is -0.146. The molecule has 2 aromatic rings. The van der Waals surface area contributed by atoms with Gasteiger partial charge in [0.15, 0.2) is 21.1 Å². The van der Waals surface area contributed by atoms with Crippen molar-refractivity contribution in [2.45, 2.75) is 49.0 Å². The first-order chi connectivity index (χ1) is 14.1. The summed E-state index contributed by atoms with van der Waals surface area (Å²) in [4.78, 5) is 28.3. The number of aliphatic hydroxyl groups excluding tert-OH is 1. The molecule has 2 atom stereocenters. The van der Waals surface area contributed by atoms with E-state index in [-0.39, 0.29) is 20.8 Å². The third-order valence-electron chi connectivity index (χ3n) is 5.33. The maximum absolute atomic E-state index is 13.1. The van der Waals surface area contributed by atoms with E-state index in [1.54, 1.807) is 12.1 Å². The van der Waals surface area contributed by atoms with E-state index < -0.39 is 27.8 Å². The molecule has 30 heavy (non-hydrogen) atoms. The maximum atomic E-state index is 13.1. The molecule has 0 bridgehead atoms. The zero-order chi connectivity index (χ0) is 21.9. The average Bonchev–Trinajstić information content (AvgIpc) is 3.36. The summed E-state index contributed by atoms with van der Waals surface area (Å²) in [5.74, 6) is -1.75. The van der Waals surface area contributed by atoms with Crippen molar-refractivity contribution < 1.29 is 28.2 Å². The van der Waals surface area contributed by atoms with Gasteiger partial charge in [0, 0.05) is 12.5 Å². The van der Waals surface area contributed by atoms with Crippen molar-refractivity contribution in [1.29, 1.82) is 0 Å². The number of rotatable bonds is 8. The summed E-state index contributed by atoms with van der Waals surface area (Å²) in [6.07, 6.45) is 5.69. The van der Waals surface area contributed by atoms with Gasteiger partial charge in [0.1, 0.15) is 0 Å². The molecule has 8 nitrogen and oxygen atoms in total. The van der Waals surface area contributed by atoms with E-state index in [0.717, 1.165) is 43.3 Å². The summed E-state index contributed by atoms with van der Waals surface area (Å²) in [5.41, 5.74) is 0.717. The molecule has 1 fully saturated rings. The summed E-state index contributed by atoms with van der Waals surface area (Å²) in [6, 6.07) is 6.34. The fourth-order valence-corrected chi connectivity index (χ4v) is 5.13. The highest BCUT2D eigenvalue weighted by Gasteiger charge is 2.28. The number of aliphatic hydroxyl groups is 1. The quantitative estimate of drug-likeness (QED) is 0.560. The van der Waals surface area contributed by atoms with Crippen molar-refractivity contribution in [3.8, 4) is 0 Å². The lowest BCUT2D eigenvalue weighted by Crippen LogP contribution is -2.23. The van der Waals surface area contributed by atoms with E-state index in [1.165, 1.54) is 18.3 Å². The van der Waals surface area contributed by atoms with Gasteiger partial charge in [-0.2, -0.15) is 0 Å². The highest BCUT2D eigenvalue weighted by molar-refractivity contribution is 7.90.